The number of halogens is 1. The quantitative estimate of drug-likeness (QED) is 0.906. The molecule has 0 amide bonds. The van der Waals surface area contributed by atoms with E-state index in [1.807, 2.05) is 19.9 Å². The van der Waals surface area contributed by atoms with Crippen LogP contribution in [0, 0.1) is 12.7 Å². The Morgan fingerprint density at radius 2 is 2.00 bits per heavy atom. The van der Waals surface area contributed by atoms with Crippen molar-refractivity contribution >= 4 is 11.8 Å². The minimum atomic E-state index is -0.235. The molecule has 1 N–H and O–H groups in total. The minimum absolute atomic E-state index is 0.235. The Balaban J connectivity index is 1.62. The second-order valence-electron chi connectivity index (χ2n) is 5.95. The molecule has 24 heavy (non-hydrogen) atoms. The van der Waals surface area contributed by atoms with E-state index >= 15 is 0 Å². The zero-order chi connectivity index (χ0) is 16.9. The standard InChI is InChI=1S/C17H23FN6/c1-3-20-17-21-13(2)10-16(22-17)24-8-6-23(7-9-24)12-14-4-5-19-11-15(14)18/h4-5,10-11H,3,6-9,12H2,1-2H3,(H,20,21,22). The van der Waals surface area contributed by atoms with E-state index < -0.39 is 0 Å². The molecule has 1 fully saturated rings. The molecule has 1 aliphatic rings. The van der Waals surface area contributed by atoms with Gasteiger partial charge in [-0.1, -0.05) is 0 Å². The van der Waals surface area contributed by atoms with Gasteiger partial charge in [0.25, 0.3) is 0 Å². The highest BCUT2D eigenvalue weighted by Crippen LogP contribution is 2.18. The molecular weight excluding hydrogens is 307 g/mol. The smallest absolute Gasteiger partial charge is 0.224 e. The number of nitrogens with one attached hydrogen (secondary N) is 1. The number of hydrogen-bond donors (Lipinski definition) is 1. The fourth-order valence-corrected chi connectivity index (χ4v) is 2.86. The first-order chi connectivity index (χ1) is 11.7. The Kier molecular flexibility index (Phi) is 5.20. The summed E-state index contributed by atoms with van der Waals surface area (Å²) in [6, 6.07) is 3.76. The van der Waals surface area contributed by atoms with Crippen molar-refractivity contribution in [2.24, 2.45) is 0 Å². The van der Waals surface area contributed by atoms with Gasteiger partial charge in [0.15, 0.2) is 0 Å². The van der Waals surface area contributed by atoms with E-state index in [9.17, 15) is 4.39 Å². The summed E-state index contributed by atoms with van der Waals surface area (Å²) in [5.74, 6) is 1.39. The number of hydrogen-bond acceptors (Lipinski definition) is 6. The molecule has 6 nitrogen and oxygen atoms in total. The van der Waals surface area contributed by atoms with Crippen molar-refractivity contribution in [3.05, 3.63) is 41.6 Å². The number of anilines is 2. The number of pyridine rings is 1. The largest absolute Gasteiger partial charge is 0.354 e. The van der Waals surface area contributed by atoms with Gasteiger partial charge in [-0.2, -0.15) is 4.98 Å². The lowest BCUT2D eigenvalue weighted by Gasteiger charge is -2.35. The molecular formula is C17H23FN6. The zero-order valence-electron chi connectivity index (χ0n) is 14.2. The zero-order valence-corrected chi connectivity index (χ0v) is 14.2. The van der Waals surface area contributed by atoms with Crippen molar-refractivity contribution in [1.29, 1.82) is 0 Å². The molecule has 128 valence electrons. The normalized spacial score (nSPS) is 15.5. The third kappa shape index (κ3) is 3.97. The molecule has 1 aliphatic heterocycles. The van der Waals surface area contributed by atoms with Gasteiger partial charge in [-0.25, -0.2) is 9.37 Å². The molecule has 3 rings (SSSR count). The molecule has 0 radical (unpaired) electrons. The topological polar surface area (TPSA) is 57.2 Å². The summed E-state index contributed by atoms with van der Waals surface area (Å²) in [5, 5.41) is 3.17. The van der Waals surface area contributed by atoms with Gasteiger partial charge in [-0.05, 0) is 19.9 Å². The van der Waals surface area contributed by atoms with Crippen LogP contribution in [0.25, 0.3) is 0 Å². The van der Waals surface area contributed by atoms with Crippen LogP contribution in [0.3, 0.4) is 0 Å². The van der Waals surface area contributed by atoms with Crippen LogP contribution in [0.5, 0.6) is 0 Å². The number of piperazine rings is 1. The van der Waals surface area contributed by atoms with Crippen LogP contribution in [-0.4, -0.2) is 52.6 Å². The summed E-state index contributed by atoms with van der Waals surface area (Å²) in [7, 11) is 0. The maximum atomic E-state index is 13.7. The minimum Gasteiger partial charge on any atom is -0.354 e. The fraction of sp³-hybridized carbons (Fsp3) is 0.471. The van der Waals surface area contributed by atoms with Crippen LogP contribution in [0.2, 0.25) is 0 Å². The highest BCUT2D eigenvalue weighted by atomic mass is 19.1. The van der Waals surface area contributed by atoms with Gasteiger partial charge in [0.05, 0.1) is 6.20 Å². The van der Waals surface area contributed by atoms with Crippen molar-refractivity contribution in [3.8, 4) is 0 Å². The number of nitrogens with zero attached hydrogens (tertiary/aromatic N) is 5. The van der Waals surface area contributed by atoms with E-state index in [-0.39, 0.29) is 5.82 Å². The van der Waals surface area contributed by atoms with Gasteiger partial charge in [-0.15, -0.1) is 0 Å². The van der Waals surface area contributed by atoms with E-state index in [1.54, 1.807) is 12.3 Å². The Morgan fingerprint density at radius 3 is 2.71 bits per heavy atom. The van der Waals surface area contributed by atoms with Crippen molar-refractivity contribution in [2.45, 2.75) is 20.4 Å². The van der Waals surface area contributed by atoms with Crippen LogP contribution in [0.15, 0.2) is 24.5 Å². The van der Waals surface area contributed by atoms with Gasteiger partial charge in [0, 0.05) is 62.8 Å². The molecule has 0 aromatic carbocycles. The highest BCUT2D eigenvalue weighted by molar-refractivity contribution is 5.45. The van der Waals surface area contributed by atoms with Crippen molar-refractivity contribution < 1.29 is 4.39 Å². The lowest BCUT2D eigenvalue weighted by molar-refractivity contribution is 0.246. The predicted octanol–water partition coefficient (Wildman–Crippen LogP) is 2.07. The van der Waals surface area contributed by atoms with E-state index in [0.717, 1.165) is 44.2 Å². The van der Waals surface area contributed by atoms with Crippen molar-refractivity contribution in [1.82, 2.24) is 19.9 Å². The second kappa shape index (κ2) is 7.53. The number of rotatable bonds is 5. The molecule has 0 aliphatic carbocycles. The molecule has 0 saturated carbocycles. The summed E-state index contributed by atoms with van der Waals surface area (Å²) in [6.07, 6.45) is 2.91. The monoisotopic (exact) mass is 330 g/mol. The molecule has 3 heterocycles. The van der Waals surface area contributed by atoms with Gasteiger partial charge in [0.1, 0.15) is 11.6 Å². The lowest BCUT2D eigenvalue weighted by Crippen LogP contribution is -2.46. The highest BCUT2D eigenvalue weighted by Gasteiger charge is 2.20. The average Bonchev–Trinajstić information content (AvgIpc) is 2.57. The molecule has 0 spiro atoms. The molecule has 7 heteroatoms. The number of aryl methyl sites for hydroxylation is 1. The summed E-state index contributed by atoms with van der Waals surface area (Å²) in [4.78, 5) is 17.3. The summed E-state index contributed by atoms with van der Waals surface area (Å²) in [6.45, 7) is 8.92. The van der Waals surface area contributed by atoms with E-state index in [0.29, 0.717) is 18.1 Å². The summed E-state index contributed by atoms with van der Waals surface area (Å²) < 4.78 is 13.7. The molecule has 2 aromatic heterocycles. The fourth-order valence-electron chi connectivity index (χ4n) is 2.86. The van der Waals surface area contributed by atoms with Crippen molar-refractivity contribution in [3.63, 3.8) is 0 Å². The van der Waals surface area contributed by atoms with Crippen LogP contribution in [0.4, 0.5) is 16.2 Å². The molecule has 1 saturated heterocycles. The second-order valence-corrected chi connectivity index (χ2v) is 5.95. The predicted molar refractivity (Wildman–Crippen MR) is 92.6 cm³/mol. The third-order valence-corrected chi connectivity index (χ3v) is 4.12. The van der Waals surface area contributed by atoms with E-state index in [2.05, 4.69) is 30.1 Å². The van der Waals surface area contributed by atoms with Crippen LogP contribution in [0.1, 0.15) is 18.2 Å². The Labute approximate surface area is 141 Å². The van der Waals surface area contributed by atoms with Crippen LogP contribution in [-0.2, 0) is 6.54 Å². The SMILES string of the molecule is CCNc1nc(C)cc(N2CCN(Cc3ccncc3F)CC2)n1. The molecule has 0 unspecified atom stereocenters. The summed E-state index contributed by atoms with van der Waals surface area (Å²) in [5.41, 5.74) is 1.66. The van der Waals surface area contributed by atoms with Crippen LogP contribution < -0.4 is 10.2 Å². The Hall–Kier alpha value is -2.28. The van der Waals surface area contributed by atoms with Gasteiger partial charge in [0.2, 0.25) is 5.95 Å². The molecule has 0 atom stereocenters. The van der Waals surface area contributed by atoms with Crippen molar-refractivity contribution in [2.75, 3.05) is 42.9 Å². The summed E-state index contributed by atoms with van der Waals surface area (Å²) >= 11 is 0. The Morgan fingerprint density at radius 1 is 1.21 bits per heavy atom. The Bertz CT molecular complexity index is 685. The maximum Gasteiger partial charge on any atom is 0.224 e. The average molecular weight is 330 g/mol. The maximum absolute atomic E-state index is 13.7. The first kappa shape index (κ1) is 16.6. The van der Waals surface area contributed by atoms with Gasteiger partial charge < -0.3 is 10.2 Å². The first-order valence-electron chi connectivity index (χ1n) is 8.31. The lowest BCUT2D eigenvalue weighted by atomic mass is 10.2. The van der Waals surface area contributed by atoms with Gasteiger partial charge >= 0.3 is 0 Å². The number of aromatic nitrogens is 3. The molecule has 2 aromatic rings. The van der Waals surface area contributed by atoms with Gasteiger partial charge in [-0.3, -0.25) is 9.88 Å². The van der Waals surface area contributed by atoms with E-state index in [4.69, 9.17) is 0 Å². The van der Waals surface area contributed by atoms with Crippen LogP contribution >= 0.6 is 0 Å². The third-order valence-electron chi connectivity index (χ3n) is 4.12. The molecule has 0 bridgehead atoms. The first-order valence-corrected chi connectivity index (χ1v) is 8.31. The van der Waals surface area contributed by atoms with E-state index in [1.165, 1.54) is 6.20 Å².